The van der Waals surface area contributed by atoms with Crippen LogP contribution in [0.15, 0.2) is 118 Å². The van der Waals surface area contributed by atoms with E-state index in [0.29, 0.717) is 20.6 Å². The molecule has 1 unspecified atom stereocenters. The first-order valence-electron chi connectivity index (χ1n) is 13.0. The number of ether oxygens (including phenoxy) is 1. The Balaban J connectivity index is 1.56. The van der Waals surface area contributed by atoms with Gasteiger partial charge in [-0.05, 0) is 37.6 Å². The van der Waals surface area contributed by atoms with Crippen molar-refractivity contribution in [2.45, 2.75) is 19.9 Å². The molecule has 0 radical (unpaired) electrons. The van der Waals surface area contributed by atoms with Crippen molar-refractivity contribution < 1.29 is 9.53 Å². The monoisotopic (exact) mass is 546 g/mol. The zero-order chi connectivity index (χ0) is 27.6. The van der Waals surface area contributed by atoms with Crippen molar-refractivity contribution in [3.8, 4) is 16.9 Å². The fourth-order valence-electron chi connectivity index (χ4n) is 4.91. The van der Waals surface area contributed by atoms with Crippen molar-refractivity contribution in [3.63, 3.8) is 0 Å². The van der Waals surface area contributed by atoms with Crippen LogP contribution in [0.3, 0.4) is 0 Å². The van der Waals surface area contributed by atoms with Gasteiger partial charge in [0.05, 0.1) is 39.8 Å². The lowest BCUT2D eigenvalue weighted by molar-refractivity contribution is -0.139. The van der Waals surface area contributed by atoms with E-state index >= 15 is 0 Å². The number of rotatable bonds is 6. The van der Waals surface area contributed by atoms with Gasteiger partial charge in [0.1, 0.15) is 0 Å². The molecule has 0 fully saturated rings. The molecule has 7 nitrogen and oxygen atoms in total. The zero-order valence-electron chi connectivity index (χ0n) is 22.0. The molecule has 0 saturated heterocycles. The van der Waals surface area contributed by atoms with Crippen LogP contribution in [-0.2, 0) is 9.53 Å². The first-order chi connectivity index (χ1) is 19.5. The summed E-state index contributed by atoms with van der Waals surface area (Å²) in [6, 6.07) is 28.6. The molecule has 6 rings (SSSR count). The number of hydrogen-bond donors (Lipinski definition) is 0. The summed E-state index contributed by atoms with van der Waals surface area (Å²) in [4.78, 5) is 32.3. The summed E-state index contributed by atoms with van der Waals surface area (Å²) in [6.45, 7) is 3.78. The van der Waals surface area contributed by atoms with Gasteiger partial charge < -0.3 is 4.74 Å². The fraction of sp³-hybridized carbons (Fsp3) is 0.125. The van der Waals surface area contributed by atoms with Gasteiger partial charge in [0.15, 0.2) is 4.80 Å². The molecule has 1 aliphatic rings. The lowest BCUT2D eigenvalue weighted by Crippen LogP contribution is -2.39. The fourth-order valence-corrected chi connectivity index (χ4v) is 5.95. The van der Waals surface area contributed by atoms with Crippen molar-refractivity contribution in [2.75, 3.05) is 6.61 Å². The van der Waals surface area contributed by atoms with E-state index in [0.717, 1.165) is 28.1 Å². The molecular formula is C32H26N4O3S. The molecule has 3 heterocycles. The molecule has 0 aliphatic carbocycles. The first-order valence-corrected chi connectivity index (χ1v) is 13.8. The summed E-state index contributed by atoms with van der Waals surface area (Å²) in [5.41, 5.74) is 4.93. The third-order valence-corrected chi connectivity index (χ3v) is 7.71. The smallest absolute Gasteiger partial charge is 0.338 e. The van der Waals surface area contributed by atoms with Gasteiger partial charge >= 0.3 is 5.97 Å². The van der Waals surface area contributed by atoms with E-state index in [9.17, 15) is 9.59 Å². The van der Waals surface area contributed by atoms with E-state index in [4.69, 9.17) is 9.84 Å². The molecule has 0 bridgehead atoms. The summed E-state index contributed by atoms with van der Waals surface area (Å²) in [5, 5.41) is 4.88. The standard InChI is InChI=1S/C32H26N4O3S/c1-3-39-31(38)27-21(2)33-32-36(29(27)23-15-9-5-10-16-23)30(37)26(40-32)19-24-20-35(25-17-11-6-12-18-25)34-28(24)22-13-7-4-8-14-22/h4-20,29H,3H2,1-2H3. The topological polar surface area (TPSA) is 78.5 Å². The number of aromatic nitrogens is 3. The highest BCUT2D eigenvalue weighted by Gasteiger charge is 2.33. The number of carbonyl (C=O) groups excluding carboxylic acids is 1. The number of nitrogens with zero attached hydrogens (tertiary/aromatic N) is 4. The van der Waals surface area contributed by atoms with E-state index in [1.54, 1.807) is 18.4 Å². The van der Waals surface area contributed by atoms with Crippen LogP contribution >= 0.6 is 11.3 Å². The van der Waals surface area contributed by atoms with Crippen molar-refractivity contribution in [3.05, 3.63) is 139 Å². The quantitative estimate of drug-likeness (QED) is 0.291. The number of fused-ring (bicyclic) bond motifs is 1. The summed E-state index contributed by atoms with van der Waals surface area (Å²) in [7, 11) is 0. The molecule has 2 aromatic heterocycles. The van der Waals surface area contributed by atoms with Crippen LogP contribution in [-0.4, -0.2) is 26.9 Å². The number of hydrogen-bond acceptors (Lipinski definition) is 6. The molecule has 5 aromatic rings. The van der Waals surface area contributed by atoms with Crippen LogP contribution < -0.4 is 14.9 Å². The Morgan fingerprint density at radius 2 is 1.62 bits per heavy atom. The summed E-state index contributed by atoms with van der Waals surface area (Å²) in [6.07, 6.45) is 3.80. The van der Waals surface area contributed by atoms with Crippen LogP contribution in [0, 0.1) is 0 Å². The minimum Gasteiger partial charge on any atom is -0.463 e. The second-order valence-corrected chi connectivity index (χ2v) is 10.3. The summed E-state index contributed by atoms with van der Waals surface area (Å²) < 4.78 is 9.31. The lowest BCUT2D eigenvalue weighted by Gasteiger charge is -2.24. The Hall–Kier alpha value is -4.82. The lowest BCUT2D eigenvalue weighted by atomic mass is 9.96. The van der Waals surface area contributed by atoms with Gasteiger partial charge in [0.2, 0.25) is 0 Å². The van der Waals surface area contributed by atoms with Crippen LogP contribution in [0.2, 0.25) is 0 Å². The molecule has 1 atom stereocenters. The molecule has 0 spiro atoms. The predicted octanol–water partition coefficient (Wildman–Crippen LogP) is 4.65. The van der Waals surface area contributed by atoms with Crippen LogP contribution in [0.25, 0.3) is 23.0 Å². The highest BCUT2D eigenvalue weighted by Crippen LogP contribution is 2.30. The highest BCUT2D eigenvalue weighted by atomic mass is 32.1. The second-order valence-electron chi connectivity index (χ2n) is 9.29. The van der Waals surface area contributed by atoms with E-state index in [-0.39, 0.29) is 12.2 Å². The Bertz CT molecular complexity index is 1900. The largest absolute Gasteiger partial charge is 0.463 e. The minimum absolute atomic E-state index is 0.224. The van der Waals surface area contributed by atoms with Crippen molar-refractivity contribution >= 4 is 23.4 Å². The summed E-state index contributed by atoms with van der Waals surface area (Å²) in [5.74, 6) is -0.470. The van der Waals surface area contributed by atoms with E-state index < -0.39 is 12.0 Å². The average molecular weight is 547 g/mol. The Morgan fingerprint density at radius 3 is 2.30 bits per heavy atom. The molecule has 0 saturated carbocycles. The highest BCUT2D eigenvalue weighted by molar-refractivity contribution is 7.07. The molecular weight excluding hydrogens is 520 g/mol. The number of para-hydroxylation sites is 1. The summed E-state index contributed by atoms with van der Waals surface area (Å²) >= 11 is 1.30. The predicted molar refractivity (Wildman–Crippen MR) is 156 cm³/mol. The second kappa shape index (κ2) is 10.7. The van der Waals surface area contributed by atoms with E-state index in [1.807, 2.05) is 108 Å². The average Bonchev–Trinajstić information content (AvgIpc) is 3.54. The van der Waals surface area contributed by atoms with Gasteiger partial charge in [-0.1, -0.05) is 90.2 Å². The Kier molecular flexibility index (Phi) is 6.84. The van der Waals surface area contributed by atoms with Gasteiger partial charge in [-0.15, -0.1) is 0 Å². The Morgan fingerprint density at radius 1 is 0.975 bits per heavy atom. The number of benzene rings is 3. The van der Waals surface area contributed by atoms with Crippen LogP contribution in [0.1, 0.15) is 31.0 Å². The van der Waals surface area contributed by atoms with E-state index in [1.165, 1.54) is 11.3 Å². The molecule has 3 aromatic carbocycles. The molecule has 8 heteroatoms. The third kappa shape index (κ3) is 4.63. The number of allylic oxidation sites excluding steroid dienone is 1. The van der Waals surface area contributed by atoms with Crippen molar-refractivity contribution in [1.29, 1.82) is 0 Å². The van der Waals surface area contributed by atoms with Gasteiger partial charge in [-0.3, -0.25) is 9.36 Å². The minimum atomic E-state index is -0.640. The van der Waals surface area contributed by atoms with Crippen molar-refractivity contribution in [1.82, 2.24) is 14.3 Å². The maximum atomic E-state index is 14.0. The third-order valence-electron chi connectivity index (χ3n) is 6.73. The zero-order valence-corrected chi connectivity index (χ0v) is 22.8. The van der Waals surface area contributed by atoms with E-state index in [2.05, 4.69) is 4.99 Å². The molecule has 0 amide bonds. The molecule has 0 N–H and O–H groups in total. The van der Waals surface area contributed by atoms with Crippen LogP contribution in [0.4, 0.5) is 0 Å². The molecule has 1 aliphatic heterocycles. The van der Waals surface area contributed by atoms with Gasteiger partial charge in [-0.2, -0.15) is 5.10 Å². The van der Waals surface area contributed by atoms with Crippen LogP contribution in [0.5, 0.6) is 0 Å². The number of thiazole rings is 1. The number of esters is 1. The van der Waals surface area contributed by atoms with Gasteiger partial charge in [0, 0.05) is 17.3 Å². The Labute approximate surface area is 234 Å². The van der Waals surface area contributed by atoms with Crippen molar-refractivity contribution in [2.24, 2.45) is 4.99 Å². The van der Waals surface area contributed by atoms with Gasteiger partial charge in [-0.25, -0.2) is 14.5 Å². The first kappa shape index (κ1) is 25.5. The molecule has 198 valence electrons. The maximum Gasteiger partial charge on any atom is 0.338 e. The molecule has 40 heavy (non-hydrogen) atoms. The maximum absolute atomic E-state index is 14.0. The van der Waals surface area contributed by atoms with Gasteiger partial charge in [0.25, 0.3) is 5.56 Å². The SMILES string of the molecule is CCOC(=O)C1=C(C)N=c2sc(=Cc3cn(-c4ccccc4)nc3-c3ccccc3)c(=O)n2C1c1ccccc1. The number of carbonyl (C=O) groups is 1. The normalized spacial score (nSPS) is 15.1.